The quantitative estimate of drug-likeness (QED) is 0.851. The van der Waals surface area contributed by atoms with Crippen molar-refractivity contribution in [3.05, 3.63) is 35.9 Å². The Kier molecular flexibility index (Phi) is 7.19. The smallest absolute Gasteiger partial charge is 0.309 e. The van der Waals surface area contributed by atoms with E-state index in [0.717, 1.165) is 24.8 Å². The zero-order valence-electron chi connectivity index (χ0n) is 12.0. The summed E-state index contributed by atoms with van der Waals surface area (Å²) in [6.07, 6.45) is 3.83. The summed E-state index contributed by atoms with van der Waals surface area (Å²) in [5.74, 6) is -0.0875. The molecule has 2 N–H and O–H groups in total. The minimum Gasteiger partial charge on any atom is -0.461 e. The van der Waals surface area contributed by atoms with Crippen LogP contribution in [0.3, 0.4) is 0 Å². The van der Waals surface area contributed by atoms with E-state index in [-0.39, 0.29) is 17.9 Å². The normalized spacial score (nSPS) is 21.4. The highest BCUT2D eigenvalue weighted by Gasteiger charge is 2.28. The highest BCUT2D eigenvalue weighted by Crippen LogP contribution is 2.25. The number of benzene rings is 1. The monoisotopic (exact) mass is 263 g/mol. The molecule has 0 amide bonds. The Bertz CT molecular complexity index is 364. The molecule has 1 saturated carbocycles. The largest absolute Gasteiger partial charge is 0.461 e. The molecule has 106 valence electrons. The third-order valence-corrected chi connectivity index (χ3v) is 3.03. The number of hydrogen-bond acceptors (Lipinski definition) is 3. The van der Waals surface area contributed by atoms with E-state index in [9.17, 15) is 4.79 Å². The summed E-state index contributed by atoms with van der Waals surface area (Å²) < 4.78 is 5.27. The molecule has 1 aromatic rings. The average molecular weight is 263 g/mol. The minimum atomic E-state index is -0.100. The Balaban J connectivity index is 0.000000550. The first-order valence-electron chi connectivity index (χ1n) is 7.13. The lowest BCUT2D eigenvalue weighted by Crippen LogP contribution is -2.19. The van der Waals surface area contributed by atoms with Crippen molar-refractivity contribution in [2.45, 2.75) is 52.2 Å². The van der Waals surface area contributed by atoms with Crippen molar-refractivity contribution >= 4 is 5.97 Å². The first kappa shape index (κ1) is 15.7. The second-order valence-electron chi connectivity index (χ2n) is 5.07. The van der Waals surface area contributed by atoms with Gasteiger partial charge < -0.3 is 10.5 Å². The summed E-state index contributed by atoms with van der Waals surface area (Å²) in [6, 6.07) is 9.90. The highest BCUT2D eigenvalue weighted by atomic mass is 16.5. The van der Waals surface area contributed by atoms with Crippen molar-refractivity contribution in [1.29, 1.82) is 0 Å². The molecule has 1 aliphatic rings. The van der Waals surface area contributed by atoms with Crippen LogP contribution in [0.4, 0.5) is 0 Å². The van der Waals surface area contributed by atoms with Gasteiger partial charge in [-0.25, -0.2) is 0 Å². The zero-order valence-corrected chi connectivity index (χ0v) is 12.0. The molecular formula is C16H25NO2. The third-order valence-electron chi connectivity index (χ3n) is 3.03. The van der Waals surface area contributed by atoms with Crippen molar-refractivity contribution < 1.29 is 9.53 Å². The Morgan fingerprint density at radius 2 is 1.89 bits per heavy atom. The Morgan fingerprint density at radius 3 is 2.42 bits per heavy atom. The number of carbonyl (C=O) groups excluding carboxylic acids is 1. The lowest BCUT2D eigenvalue weighted by atomic mass is 10.1. The second-order valence-corrected chi connectivity index (χ2v) is 5.07. The summed E-state index contributed by atoms with van der Waals surface area (Å²) in [5.41, 5.74) is 6.79. The number of hydrogen-bond donors (Lipinski definition) is 1. The number of rotatable bonds is 3. The van der Waals surface area contributed by atoms with Gasteiger partial charge in [0.1, 0.15) is 6.61 Å². The maximum absolute atomic E-state index is 11.7. The van der Waals surface area contributed by atoms with Gasteiger partial charge in [-0.05, 0) is 24.8 Å². The Hall–Kier alpha value is -1.35. The molecule has 19 heavy (non-hydrogen) atoms. The van der Waals surface area contributed by atoms with Gasteiger partial charge in [0.2, 0.25) is 0 Å². The van der Waals surface area contributed by atoms with Crippen molar-refractivity contribution in [3.63, 3.8) is 0 Å². The molecule has 0 aromatic heterocycles. The number of nitrogens with two attached hydrogens (primary N) is 1. The first-order chi connectivity index (χ1) is 9.17. The average Bonchev–Trinajstić information content (AvgIpc) is 2.85. The zero-order chi connectivity index (χ0) is 14.1. The predicted octanol–water partition coefficient (Wildman–Crippen LogP) is 3.27. The molecule has 3 nitrogen and oxygen atoms in total. The van der Waals surface area contributed by atoms with Crippen molar-refractivity contribution in [2.75, 3.05) is 0 Å². The van der Waals surface area contributed by atoms with Gasteiger partial charge in [-0.15, -0.1) is 0 Å². The van der Waals surface area contributed by atoms with E-state index in [2.05, 4.69) is 13.8 Å². The van der Waals surface area contributed by atoms with Gasteiger partial charge in [0.05, 0.1) is 5.92 Å². The molecule has 1 aliphatic carbocycles. The van der Waals surface area contributed by atoms with Crippen molar-refractivity contribution in [3.8, 4) is 0 Å². The maximum Gasteiger partial charge on any atom is 0.309 e. The van der Waals surface area contributed by atoms with E-state index in [1.54, 1.807) is 0 Å². The molecule has 1 fully saturated rings. The summed E-state index contributed by atoms with van der Waals surface area (Å²) >= 11 is 0. The molecule has 2 rings (SSSR count). The maximum atomic E-state index is 11.7. The summed E-state index contributed by atoms with van der Waals surface area (Å²) in [6.45, 7) is 4.62. The molecule has 0 unspecified atom stereocenters. The standard InChI is InChI=1S/C13H17NO2.C3H8/c14-12-7-6-11(8-12)13(15)16-9-10-4-2-1-3-5-10;1-3-2/h1-5,11-12H,6-9,14H2;3H2,1-2H3/t11-,12+;/m0./s1. The van der Waals surface area contributed by atoms with Crippen LogP contribution in [0.15, 0.2) is 30.3 Å². The summed E-state index contributed by atoms with van der Waals surface area (Å²) in [4.78, 5) is 11.7. The number of esters is 1. The first-order valence-corrected chi connectivity index (χ1v) is 7.13. The van der Waals surface area contributed by atoms with Crippen LogP contribution in [0.1, 0.15) is 45.1 Å². The Labute approximate surface area is 116 Å². The van der Waals surface area contributed by atoms with Gasteiger partial charge >= 0.3 is 5.97 Å². The van der Waals surface area contributed by atoms with Crippen molar-refractivity contribution in [2.24, 2.45) is 11.7 Å². The van der Waals surface area contributed by atoms with E-state index in [1.165, 1.54) is 6.42 Å². The van der Waals surface area contributed by atoms with Crippen molar-refractivity contribution in [1.82, 2.24) is 0 Å². The van der Waals surface area contributed by atoms with Crippen LogP contribution in [0.2, 0.25) is 0 Å². The Morgan fingerprint density at radius 1 is 1.26 bits per heavy atom. The van der Waals surface area contributed by atoms with Crippen LogP contribution in [0.5, 0.6) is 0 Å². The molecule has 0 saturated heterocycles. The molecule has 3 heteroatoms. The fourth-order valence-corrected chi connectivity index (χ4v) is 2.08. The van der Waals surface area contributed by atoms with E-state index >= 15 is 0 Å². The highest BCUT2D eigenvalue weighted by molar-refractivity contribution is 5.72. The van der Waals surface area contributed by atoms with Crippen LogP contribution in [-0.4, -0.2) is 12.0 Å². The van der Waals surface area contributed by atoms with Crippen LogP contribution in [0.25, 0.3) is 0 Å². The van der Waals surface area contributed by atoms with E-state index in [0.29, 0.717) is 6.61 Å². The van der Waals surface area contributed by atoms with Gasteiger partial charge in [0.25, 0.3) is 0 Å². The fourth-order valence-electron chi connectivity index (χ4n) is 2.08. The second kappa shape index (κ2) is 8.70. The van der Waals surface area contributed by atoms with Crippen LogP contribution in [0, 0.1) is 5.92 Å². The molecule has 1 aromatic carbocycles. The fraction of sp³-hybridized carbons (Fsp3) is 0.562. The van der Waals surface area contributed by atoms with Gasteiger partial charge in [0, 0.05) is 6.04 Å². The molecule has 2 atom stereocenters. The predicted molar refractivity (Wildman–Crippen MR) is 77.5 cm³/mol. The number of carbonyl (C=O) groups is 1. The van der Waals surface area contributed by atoms with Crippen LogP contribution in [-0.2, 0) is 16.1 Å². The molecule has 0 spiro atoms. The summed E-state index contributed by atoms with van der Waals surface area (Å²) in [5, 5.41) is 0. The minimum absolute atomic E-state index is 0.0127. The molecule has 0 bridgehead atoms. The third kappa shape index (κ3) is 5.88. The molecule has 0 aliphatic heterocycles. The van der Waals surface area contributed by atoms with E-state index < -0.39 is 0 Å². The van der Waals surface area contributed by atoms with Crippen LogP contribution >= 0.6 is 0 Å². The topological polar surface area (TPSA) is 52.3 Å². The van der Waals surface area contributed by atoms with Gasteiger partial charge in [0.15, 0.2) is 0 Å². The van der Waals surface area contributed by atoms with E-state index in [1.807, 2.05) is 30.3 Å². The molecule has 0 radical (unpaired) electrons. The summed E-state index contributed by atoms with van der Waals surface area (Å²) in [7, 11) is 0. The number of ether oxygens (including phenoxy) is 1. The van der Waals surface area contributed by atoms with Crippen LogP contribution < -0.4 is 5.73 Å². The lowest BCUT2D eigenvalue weighted by Gasteiger charge is -2.09. The lowest BCUT2D eigenvalue weighted by molar-refractivity contribution is -0.149. The van der Waals surface area contributed by atoms with Gasteiger partial charge in [-0.2, -0.15) is 0 Å². The molecular weight excluding hydrogens is 238 g/mol. The molecule has 0 heterocycles. The van der Waals surface area contributed by atoms with Gasteiger partial charge in [-0.3, -0.25) is 4.79 Å². The van der Waals surface area contributed by atoms with E-state index in [4.69, 9.17) is 10.5 Å². The van der Waals surface area contributed by atoms with Gasteiger partial charge in [-0.1, -0.05) is 50.6 Å². The SMILES string of the molecule is CCC.N[C@@H]1CC[C@H](C(=O)OCc2ccccc2)C1.